The predicted molar refractivity (Wildman–Crippen MR) is 92.1 cm³/mol. The molecule has 0 heterocycles. The lowest BCUT2D eigenvalue weighted by Gasteiger charge is -2.04. The van der Waals surface area contributed by atoms with E-state index < -0.39 is 0 Å². The van der Waals surface area contributed by atoms with E-state index in [9.17, 15) is 4.79 Å². The maximum atomic E-state index is 12.2. The Morgan fingerprint density at radius 2 is 1.77 bits per heavy atom. The number of benzene rings is 2. The molecular weight excluding hydrogens is 368 g/mol. The summed E-state index contributed by atoms with van der Waals surface area (Å²) in [7, 11) is 3.14. The minimum Gasteiger partial charge on any atom is -0.496 e. The molecule has 2 aromatic carbocycles. The molecule has 2 rings (SSSR count). The zero-order valence-corrected chi connectivity index (χ0v) is 14.4. The second-order valence-electron chi connectivity index (χ2n) is 4.44. The van der Waals surface area contributed by atoms with Gasteiger partial charge in [0.15, 0.2) is 5.78 Å². The molecule has 114 valence electrons. The van der Waals surface area contributed by atoms with Gasteiger partial charge in [-0.05, 0) is 57.9 Å². The van der Waals surface area contributed by atoms with Crippen LogP contribution in [-0.2, 0) is 0 Å². The molecule has 0 saturated heterocycles. The van der Waals surface area contributed by atoms with Gasteiger partial charge in [0.1, 0.15) is 11.5 Å². The number of carbonyl (C=O) groups is 1. The fourth-order valence-corrected chi connectivity index (χ4v) is 2.69. The van der Waals surface area contributed by atoms with Crippen molar-refractivity contribution in [3.05, 3.63) is 63.1 Å². The standard InChI is InChI=1S/C17H14BrClO3/c1-21-16-7-4-11(9-13(16)18)3-6-15(20)12-5-8-17(22-2)14(19)10-12/h3-10H,1-2H3/b6-3+. The minimum absolute atomic E-state index is 0.128. The van der Waals surface area contributed by atoms with Gasteiger partial charge in [0.05, 0.1) is 23.7 Å². The number of methoxy groups -OCH3 is 2. The third-order valence-corrected chi connectivity index (χ3v) is 3.95. The average Bonchev–Trinajstić information content (AvgIpc) is 2.52. The number of ketones is 1. The van der Waals surface area contributed by atoms with Crippen molar-refractivity contribution in [1.29, 1.82) is 0 Å². The zero-order chi connectivity index (χ0) is 16.1. The second-order valence-corrected chi connectivity index (χ2v) is 5.70. The normalized spacial score (nSPS) is 10.7. The first-order valence-corrected chi connectivity index (χ1v) is 7.61. The summed E-state index contributed by atoms with van der Waals surface area (Å²) in [6.45, 7) is 0. The van der Waals surface area contributed by atoms with Crippen LogP contribution in [0, 0.1) is 0 Å². The van der Waals surface area contributed by atoms with Crippen molar-refractivity contribution in [1.82, 2.24) is 0 Å². The maximum absolute atomic E-state index is 12.2. The van der Waals surface area contributed by atoms with Crippen molar-refractivity contribution >= 4 is 39.4 Å². The third-order valence-electron chi connectivity index (χ3n) is 3.04. The van der Waals surface area contributed by atoms with Crippen molar-refractivity contribution < 1.29 is 14.3 Å². The lowest BCUT2D eigenvalue weighted by atomic mass is 10.1. The van der Waals surface area contributed by atoms with Gasteiger partial charge >= 0.3 is 0 Å². The first kappa shape index (κ1) is 16.6. The van der Waals surface area contributed by atoms with E-state index in [1.165, 1.54) is 13.2 Å². The number of hydrogen-bond donors (Lipinski definition) is 0. The molecule has 0 saturated carbocycles. The van der Waals surface area contributed by atoms with Gasteiger partial charge < -0.3 is 9.47 Å². The van der Waals surface area contributed by atoms with Gasteiger partial charge in [0, 0.05) is 5.56 Å². The molecule has 0 N–H and O–H groups in total. The van der Waals surface area contributed by atoms with Crippen molar-refractivity contribution in [3.8, 4) is 11.5 Å². The summed E-state index contributed by atoms with van der Waals surface area (Å²) in [5.41, 5.74) is 1.40. The molecule has 0 bridgehead atoms. The van der Waals surface area contributed by atoms with E-state index >= 15 is 0 Å². The Bertz CT molecular complexity index is 726. The number of rotatable bonds is 5. The van der Waals surface area contributed by atoms with Gasteiger partial charge in [-0.1, -0.05) is 23.7 Å². The largest absolute Gasteiger partial charge is 0.496 e. The molecule has 0 aromatic heterocycles. The van der Waals surface area contributed by atoms with E-state index in [1.54, 1.807) is 31.4 Å². The van der Waals surface area contributed by atoms with Crippen LogP contribution < -0.4 is 9.47 Å². The Balaban J connectivity index is 2.17. The van der Waals surface area contributed by atoms with Crippen LogP contribution in [-0.4, -0.2) is 20.0 Å². The predicted octanol–water partition coefficient (Wildman–Crippen LogP) is 5.02. The fourth-order valence-electron chi connectivity index (χ4n) is 1.87. The topological polar surface area (TPSA) is 35.5 Å². The van der Waals surface area contributed by atoms with Gasteiger partial charge in [0.25, 0.3) is 0 Å². The van der Waals surface area contributed by atoms with Crippen LogP contribution in [0.1, 0.15) is 15.9 Å². The van der Waals surface area contributed by atoms with Gasteiger partial charge in [-0.3, -0.25) is 4.79 Å². The summed E-state index contributed by atoms with van der Waals surface area (Å²) < 4.78 is 11.1. The van der Waals surface area contributed by atoms with Crippen molar-refractivity contribution in [3.63, 3.8) is 0 Å². The SMILES string of the molecule is COc1ccc(C(=O)/C=C/c2ccc(OC)c(Br)c2)cc1Cl. The van der Waals surface area contributed by atoms with Crippen molar-refractivity contribution in [2.24, 2.45) is 0 Å². The third kappa shape index (κ3) is 3.90. The molecule has 0 spiro atoms. The summed E-state index contributed by atoms with van der Waals surface area (Å²) in [4.78, 5) is 12.2. The maximum Gasteiger partial charge on any atom is 0.185 e. The van der Waals surface area contributed by atoms with E-state index in [1.807, 2.05) is 18.2 Å². The lowest BCUT2D eigenvalue weighted by molar-refractivity contribution is 0.104. The molecule has 0 atom stereocenters. The summed E-state index contributed by atoms with van der Waals surface area (Å²) in [6, 6.07) is 10.5. The van der Waals surface area contributed by atoms with Crippen LogP contribution in [0.5, 0.6) is 11.5 Å². The molecule has 0 fully saturated rings. The Kier molecular flexibility index (Phi) is 5.63. The van der Waals surface area contributed by atoms with Crippen LogP contribution in [0.25, 0.3) is 6.08 Å². The van der Waals surface area contributed by atoms with Crippen LogP contribution in [0.2, 0.25) is 5.02 Å². The number of halogens is 2. The molecule has 3 nitrogen and oxygen atoms in total. The number of carbonyl (C=O) groups excluding carboxylic acids is 1. The van der Waals surface area contributed by atoms with Crippen LogP contribution in [0.15, 0.2) is 46.9 Å². The highest BCUT2D eigenvalue weighted by atomic mass is 79.9. The first-order valence-electron chi connectivity index (χ1n) is 6.44. The van der Waals surface area contributed by atoms with Crippen LogP contribution in [0.3, 0.4) is 0 Å². The minimum atomic E-state index is -0.128. The van der Waals surface area contributed by atoms with Crippen LogP contribution >= 0.6 is 27.5 Å². The van der Waals surface area contributed by atoms with Gasteiger partial charge in [-0.25, -0.2) is 0 Å². The number of ether oxygens (including phenoxy) is 2. The highest BCUT2D eigenvalue weighted by Gasteiger charge is 2.07. The van der Waals surface area contributed by atoms with E-state index in [-0.39, 0.29) is 5.78 Å². The number of allylic oxidation sites excluding steroid dienone is 1. The van der Waals surface area contributed by atoms with Gasteiger partial charge in [-0.15, -0.1) is 0 Å². The van der Waals surface area contributed by atoms with E-state index in [2.05, 4.69) is 15.9 Å². The molecule has 0 aliphatic heterocycles. The molecule has 0 unspecified atom stereocenters. The van der Waals surface area contributed by atoms with Crippen molar-refractivity contribution in [2.75, 3.05) is 14.2 Å². The Morgan fingerprint density at radius 1 is 1.09 bits per heavy atom. The Morgan fingerprint density at radius 3 is 2.36 bits per heavy atom. The monoisotopic (exact) mass is 380 g/mol. The Labute approximate surface area is 142 Å². The molecule has 5 heteroatoms. The first-order chi connectivity index (χ1) is 10.5. The van der Waals surface area contributed by atoms with E-state index in [0.717, 1.165) is 15.8 Å². The quantitative estimate of drug-likeness (QED) is 0.539. The summed E-state index contributed by atoms with van der Waals surface area (Å²) in [5, 5.41) is 0.411. The molecule has 0 aliphatic rings. The van der Waals surface area contributed by atoms with Crippen LogP contribution in [0.4, 0.5) is 0 Å². The molecule has 0 radical (unpaired) electrons. The average molecular weight is 382 g/mol. The zero-order valence-electron chi connectivity index (χ0n) is 12.1. The summed E-state index contributed by atoms with van der Waals surface area (Å²) in [6.07, 6.45) is 3.25. The number of hydrogen-bond acceptors (Lipinski definition) is 3. The fraction of sp³-hybridized carbons (Fsp3) is 0.118. The summed E-state index contributed by atoms with van der Waals surface area (Å²) >= 11 is 9.43. The van der Waals surface area contributed by atoms with Gasteiger partial charge in [0.2, 0.25) is 0 Å². The molecule has 0 aliphatic carbocycles. The van der Waals surface area contributed by atoms with E-state index in [0.29, 0.717) is 16.3 Å². The second kappa shape index (κ2) is 7.47. The summed E-state index contributed by atoms with van der Waals surface area (Å²) in [5.74, 6) is 1.16. The van der Waals surface area contributed by atoms with E-state index in [4.69, 9.17) is 21.1 Å². The molecule has 2 aromatic rings. The lowest BCUT2D eigenvalue weighted by Crippen LogP contribution is -1.95. The molecule has 22 heavy (non-hydrogen) atoms. The highest BCUT2D eigenvalue weighted by Crippen LogP contribution is 2.27. The molecular formula is C17H14BrClO3. The smallest absolute Gasteiger partial charge is 0.185 e. The highest BCUT2D eigenvalue weighted by molar-refractivity contribution is 9.10. The van der Waals surface area contributed by atoms with Gasteiger partial charge in [-0.2, -0.15) is 0 Å². The van der Waals surface area contributed by atoms with Crippen molar-refractivity contribution in [2.45, 2.75) is 0 Å². The Hall–Kier alpha value is -1.78. The molecule has 0 amide bonds.